The Bertz CT molecular complexity index is 742. The third-order valence-corrected chi connectivity index (χ3v) is 4.81. The Kier molecular flexibility index (Phi) is 5.08. The van der Waals surface area contributed by atoms with Crippen molar-refractivity contribution < 1.29 is 23.8 Å². The van der Waals surface area contributed by atoms with Crippen molar-refractivity contribution in [3.8, 4) is 5.75 Å². The smallest absolute Gasteiger partial charge is 0.410 e. The molecule has 1 amide bonds. The zero-order valence-electron chi connectivity index (χ0n) is 16.4. The van der Waals surface area contributed by atoms with Gasteiger partial charge in [0.15, 0.2) is 0 Å². The van der Waals surface area contributed by atoms with Crippen LogP contribution in [0.25, 0.3) is 0 Å². The van der Waals surface area contributed by atoms with Crippen LogP contribution in [0.3, 0.4) is 0 Å². The highest BCUT2D eigenvalue weighted by Gasteiger charge is 2.47. The summed E-state index contributed by atoms with van der Waals surface area (Å²) < 4.78 is 16.8. The maximum atomic E-state index is 12.4. The third kappa shape index (κ3) is 4.18. The van der Waals surface area contributed by atoms with Crippen LogP contribution < -0.4 is 10.5 Å². The molecule has 1 aromatic rings. The van der Waals surface area contributed by atoms with Gasteiger partial charge in [-0.2, -0.15) is 0 Å². The number of fused-ring (bicyclic) bond motifs is 1. The van der Waals surface area contributed by atoms with E-state index in [1.54, 1.807) is 24.0 Å². The van der Waals surface area contributed by atoms with Crippen molar-refractivity contribution in [2.75, 3.05) is 19.7 Å². The first-order chi connectivity index (χ1) is 12.6. The lowest BCUT2D eigenvalue weighted by atomic mass is 9.86. The molecule has 0 aromatic heterocycles. The molecular formula is C20H28N2O5. The second-order valence-corrected chi connectivity index (χ2v) is 8.22. The first-order valence-corrected chi connectivity index (χ1v) is 9.36. The van der Waals surface area contributed by atoms with Gasteiger partial charge in [0.05, 0.1) is 18.7 Å². The number of carbonyl (C=O) groups is 2. The quantitative estimate of drug-likeness (QED) is 0.798. The normalized spacial score (nSPS) is 24.3. The molecule has 7 heteroatoms. The molecule has 0 bridgehead atoms. The minimum atomic E-state index is -0.559. The Balaban J connectivity index is 1.78. The number of carbonyl (C=O) groups excluding carboxylic acids is 2. The number of hydrogen-bond donors (Lipinski definition) is 1. The van der Waals surface area contributed by atoms with Crippen LogP contribution in [0, 0.1) is 0 Å². The zero-order chi connectivity index (χ0) is 19.8. The van der Waals surface area contributed by atoms with Crippen LogP contribution in [-0.4, -0.2) is 47.9 Å². The number of likely N-dealkylation sites (tertiary alicyclic amines) is 1. The van der Waals surface area contributed by atoms with Gasteiger partial charge in [-0.15, -0.1) is 0 Å². The monoisotopic (exact) mass is 376 g/mol. The first kappa shape index (κ1) is 19.5. The minimum Gasteiger partial charge on any atom is -0.485 e. The van der Waals surface area contributed by atoms with Gasteiger partial charge in [-0.05, 0) is 39.8 Å². The summed E-state index contributed by atoms with van der Waals surface area (Å²) in [5, 5.41) is 0. The summed E-state index contributed by atoms with van der Waals surface area (Å²) >= 11 is 0. The largest absolute Gasteiger partial charge is 0.485 e. The van der Waals surface area contributed by atoms with Gasteiger partial charge in [-0.1, -0.05) is 6.07 Å². The first-order valence-electron chi connectivity index (χ1n) is 9.36. The molecule has 2 aliphatic rings. The van der Waals surface area contributed by atoms with Gasteiger partial charge >= 0.3 is 12.1 Å². The van der Waals surface area contributed by atoms with Crippen molar-refractivity contribution in [3.63, 3.8) is 0 Å². The van der Waals surface area contributed by atoms with Crippen LogP contribution in [0.5, 0.6) is 5.75 Å². The van der Waals surface area contributed by atoms with Crippen molar-refractivity contribution in [2.24, 2.45) is 5.73 Å². The van der Waals surface area contributed by atoms with Crippen LogP contribution in [-0.2, 0) is 9.47 Å². The van der Waals surface area contributed by atoms with E-state index in [4.69, 9.17) is 19.9 Å². The van der Waals surface area contributed by atoms with E-state index in [0.717, 1.165) is 5.56 Å². The number of rotatable bonds is 2. The number of nitrogens with two attached hydrogens (primary N) is 1. The van der Waals surface area contributed by atoms with Crippen molar-refractivity contribution in [3.05, 3.63) is 29.3 Å². The Morgan fingerprint density at radius 3 is 2.78 bits per heavy atom. The molecule has 27 heavy (non-hydrogen) atoms. The summed E-state index contributed by atoms with van der Waals surface area (Å²) in [5.74, 6) is 0.198. The summed E-state index contributed by atoms with van der Waals surface area (Å²) in [6.07, 6.45) is 0.934. The second kappa shape index (κ2) is 7.03. The second-order valence-electron chi connectivity index (χ2n) is 8.22. The summed E-state index contributed by atoms with van der Waals surface area (Å²) in [5.41, 5.74) is 6.57. The highest BCUT2D eigenvalue weighted by molar-refractivity contribution is 5.90. The number of hydrogen-bond acceptors (Lipinski definition) is 6. The van der Waals surface area contributed by atoms with E-state index in [2.05, 4.69) is 0 Å². The lowest BCUT2D eigenvalue weighted by molar-refractivity contribution is 0.0144. The maximum Gasteiger partial charge on any atom is 0.410 e. The zero-order valence-corrected chi connectivity index (χ0v) is 16.4. The number of esters is 1. The molecule has 3 rings (SSSR count). The lowest BCUT2D eigenvalue weighted by Gasteiger charge is -2.38. The fourth-order valence-electron chi connectivity index (χ4n) is 3.63. The van der Waals surface area contributed by atoms with E-state index in [1.165, 1.54) is 0 Å². The van der Waals surface area contributed by atoms with Crippen LogP contribution in [0.4, 0.5) is 4.79 Å². The summed E-state index contributed by atoms with van der Waals surface area (Å²) in [6, 6.07) is 4.99. The molecule has 0 aliphatic carbocycles. The van der Waals surface area contributed by atoms with E-state index >= 15 is 0 Å². The van der Waals surface area contributed by atoms with Gasteiger partial charge in [0.2, 0.25) is 0 Å². The summed E-state index contributed by atoms with van der Waals surface area (Å²) in [6.45, 7) is 8.57. The molecule has 148 valence electrons. The Labute approximate surface area is 159 Å². The van der Waals surface area contributed by atoms with Crippen LogP contribution in [0.2, 0.25) is 0 Å². The lowest BCUT2D eigenvalue weighted by Crippen LogP contribution is -2.46. The number of ether oxygens (including phenoxy) is 3. The van der Waals surface area contributed by atoms with Gasteiger partial charge in [0, 0.05) is 31.0 Å². The average Bonchev–Trinajstić information content (AvgIpc) is 2.96. The van der Waals surface area contributed by atoms with Crippen LogP contribution >= 0.6 is 0 Å². The molecular weight excluding hydrogens is 348 g/mol. The van der Waals surface area contributed by atoms with E-state index in [0.29, 0.717) is 43.9 Å². The number of amides is 1. The Morgan fingerprint density at radius 2 is 2.11 bits per heavy atom. The van der Waals surface area contributed by atoms with Gasteiger partial charge in [0.1, 0.15) is 17.0 Å². The molecule has 1 aromatic carbocycles. The molecule has 0 saturated carbocycles. The van der Waals surface area contributed by atoms with Crippen molar-refractivity contribution in [1.82, 2.24) is 4.90 Å². The minimum absolute atomic E-state index is 0.219. The SMILES string of the molecule is CCOC(=O)c1ccc2c(c1)OC1(CCN(C(=O)OC(C)(C)C)C1)CC2N. The predicted octanol–water partition coefficient (Wildman–Crippen LogP) is 3.03. The average molecular weight is 376 g/mol. The van der Waals surface area contributed by atoms with Gasteiger partial charge in [-0.3, -0.25) is 0 Å². The number of benzene rings is 1. The van der Waals surface area contributed by atoms with E-state index in [9.17, 15) is 9.59 Å². The summed E-state index contributed by atoms with van der Waals surface area (Å²) in [7, 11) is 0. The standard InChI is InChI=1S/C20H28N2O5/c1-5-25-17(23)13-6-7-14-15(21)11-20(26-16(14)10-13)8-9-22(12-20)18(24)27-19(2,3)4/h6-7,10,15H,5,8-9,11-12,21H2,1-4H3. The Morgan fingerprint density at radius 1 is 1.37 bits per heavy atom. The van der Waals surface area contributed by atoms with Gasteiger partial charge in [0.25, 0.3) is 0 Å². The third-order valence-electron chi connectivity index (χ3n) is 4.81. The van der Waals surface area contributed by atoms with Crippen molar-refractivity contribution in [1.29, 1.82) is 0 Å². The Hall–Kier alpha value is -2.28. The van der Waals surface area contributed by atoms with E-state index in [1.807, 2.05) is 26.8 Å². The van der Waals surface area contributed by atoms with E-state index in [-0.39, 0.29) is 18.1 Å². The molecule has 1 spiro atoms. The molecule has 2 unspecified atom stereocenters. The molecule has 2 aliphatic heterocycles. The highest BCUT2D eigenvalue weighted by atomic mass is 16.6. The molecule has 2 atom stereocenters. The van der Waals surface area contributed by atoms with E-state index < -0.39 is 11.2 Å². The number of nitrogens with zero attached hydrogens (tertiary/aromatic N) is 1. The molecule has 2 heterocycles. The molecule has 1 saturated heterocycles. The van der Waals surface area contributed by atoms with Crippen molar-refractivity contribution >= 4 is 12.1 Å². The van der Waals surface area contributed by atoms with Gasteiger partial charge in [-0.25, -0.2) is 9.59 Å². The fraction of sp³-hybridized carbons (Fsp3) is 0.600. The van der Waals surface area contributed by atoms with Crippen LogP contribution in [0.15, 0.2) is 18.2 Å². The molecule has 1 fully saturated rings. The van der Waals surface area contributed by atoms with Crippen LogP contribution in [0.1, 0.15) is 62.5 Å². The predicted molar refractivity (Wildman–Crippen MR) is 99.7 cm³/mol. The highest BCUT2D eigenvalue weighted by Crippen LogP contribution is 2.43. The summed E-state index contributed by atoms with van der Waals surface area (Å²) in [4.78, 5) is 26.1. The fourth-order valence-corrected chi connectivity index (χ4v) is 3.63. The maximum absolute atomic E-state index is 12.4. The molecule has 7 nitrogen and oxygen atoms in total. The van der Waals surface area contributed by atoms with Crippen molar-refractivity contribution in [2.45, 2.75) is 57.8 Å². The topological polar surface area (TPSA) is 91.1 Å². The molecule has 2 N–H and O–H groups in total. The van der Waals surface area contributed by atoms with Gasteiger partial charge < -0.3 is 24.8 Å². The molecule has 0 radical (unpaired) electrons.